The standard InChI is InChI=1S/C15H24ClNO/c1-11(2)6-5-9-18-15-8-4-7-14(16)13(15)10-12(3)17/h4,7-8,11-12H,5-6,9-10,17H2,1-3H3. The van der Waals surface area contributed by atoms with Gasteiger partial charge in [-0.15, -0.1) is 0 Å². The van der Waals surface area contributed by atoms with Gasteiger partial charge in [-0.1, -0.05) is 31.5 Å². The molecule has 18 heavy (non-hydrogen) atoms. The Bertz CT molecular complexity index is 364. The van der Waals surface area contributed by atoms with E-state index in [1.165, 1.54) is 6.42 Å². The summed E-state index contributed by atoms with van der Waals surface area (Å²) in [6.45, 7) is 7.16. The molecule has 0 heterocycles. The van der Waals surface area contributed by atoms with Crippen LogP contribution in [0.4, 0.5) is 0 Å². The number of nitrogens with two attached hydrogens (primary N) is 1. The Morgan fingerprint density at radius 3 is 2.61 bits per heavy atom. The molecule has 3 heteroatoms. The maximum Gasteiger partial charge on any atom is 0.124 e. The third-order valence-corrected chi connectivity index (χ3v) is 3.14. The lowest BCUT2D eigenvalue weighted by Crippen LogP contribution is -2.18. The molecule has 0 saturated heterocycles. The van der Waals surface area contributed by atoms with Gasteiger partial charge in [0.25, 0.3) is 0 Å². The van der Waals surface area contributed by atoms with Gasteiger partial charge in [-0.05, 0) is 44.2 Å². The summed E-state index contributed by atoms with van der Waals surface area (Å²) in [6.07, 6.45) is 3.00. The summed E-state index contributed by atoms with van der Waals surface area (Å²) in [6, 6.07) is 5.87. The highest BCUT2D eigenvalue weighted by Crippen LogP contribution is 2.27. The molecule has 1 aromatic rings. The Hall–Kier alpha value is -0.730. The van der Waals surface area contributed by atoms with E-state index in [4.69, 9.17) is 22.1 Å². The molecule has 102 valence electrons. The Kier molecular flexibility index (Phi) is 6.51. The highest BCUT2D eigenvalue weighted by atomic mass is 35.5. The molecule has 1 unspecified atom stereocenters. The third kappa shape index (κ3) is 5.28. The van der Waals surface area contributed by atoms with Crippen molar-refractivity contribution < 1.29 is 4.74 Å². The van der Waals surface area contributed by atoms with Gasteiger partial charge in [-0.25, -0.2) is 0 Å². The lowest BCUT2D eigenvalue weighted by molar-refractivity contribution is 0.294. The van der Waals surface area contributed by atoms with Crippen molar-refractivity contribution in [3.63, 3.8) is 0 Å². The first-order valence-electron chi connectivity index (χ1n) is 6.66. The minimum absolute atomic E-state index is 0.0860. The van der Waals surface area contributed by atoms with Crippen molar-refractivity contribution in [3.05, 3.63) is 28.8 Å². The second-order valence-corrected chi connectivity index (χ2v) is 5.69. The van der Waals surface area contributed by atoms with E-state index in [0.29, 0.717) is 0 Å². The van der Waals surface area contributed by atoms with Crippen LogP contribution in [0.3, 0.4) is 0 Å². The van der Waals surface area contributed by atoms with E-state index in [9.17, 15) is 0 Å². The van der Waals surface area contributed by atoms with Crippen LogP contribution < -0.4 is 10.5 Å². The average molecular weight is 270 g/mol. The molecule has 1 atom stereocenters. The Labute approximate surface area is 115 Å². The van der Waals surface area contributed by atoms with Gasteiger partial charge < -0.3 is 10.5 Å². The zero-order chi connectivity index (χ0) is 13.5. The van der Waals surface area contributed by atoms with Gasteiger partial charge in [-0.3, -0.25) is 0 Å². The highest BCUT2D eigenvalue weighted by molar-refractivity contribution is 6.31. The number of hydrogen-bond acceptors (Lipinski definition) is 2. The summed E-state index contributed by atoms with van der Waals surface area (Å²) >= 11 is 6.20. The van der Waals surface area contributed by atoms with Crippen molar-refractivity contribution in [2.45, 2.75) is 46.1 Å². The third-order valence-electron chi connectivity index (χ3n) is 2.79. The van der Waals surface area contributed by atoms with Crippen LogP contribution in [0.25, 0.3) is 0 Å². The van der Waals surface area contributed by atoms with Crippen LogP contribution in [-0.4, -0.2) is 12.6 Å². The van der Waals surface area contributed by atoms with Crippen molar-refractivity contribution in [2.24, 2.45) is 11.7 Å². The summed E-state index contributed by atoms with van der Waals surface area (Å²) in [5.74, 6) is 1.60. The average Bonchev–Trinajstić information content (AvgIpc) is 2.27. The molecule has 0 fully saturated rings. The first-order valence-corrected chi connectivity index (χ1v) is 7.04. The van der Waals surface area contributed by atoms with Crippen LogP contribution in [0.1, 0.15) is 39.2 Å². The maximum absolute atomic E-state index is 6.20. The Balaban J connectivity index is 2.61. The van der Waals surface area contributed by atoms with Gasteiger partial charge in [0.2, 0.25) is 0 Å². The number of benzene rings is 1. The number of ether oxygens (including phenoxy) is 1. The molecule has 2 nitrogen and oxygen atoms in total. The van der Waals surface area contributed by atoms with Crippen LogP contribution in [0, 0.1) is 5.92 Å². The summed E-state index contributed by atoms with van der Waals surface area (Å²) in [5, 5.41) is 0.744. The van der Waals surface area contributed by atoms with E-state index in [1.807, 2.05) is 25.1 Å². The van der Waals surface area contributed by atoms with Crippen molar-refractivity contribution in [1.82, 2.24) is 0 Å². The fraction of sp³-hybridized carbons (Fsp3) is 0.600. The first-order chi connectivity index (χ1) is 8.50. The lowest BCUT2D eigenvalue weighted by Gasteiger charge is -2.15. The van der Waals surface area contributed by atoms with E-state index in [-0.39, 0.29) is 6.04 Å². The van der Waals surface area contributed by atoms with Crippen molar-refractivity contribution in [1.29, 1.82) is 0 Å². The SMILES string of the molecule is CC(C)CCCOc1cccc(Cl)c1CC(C)N. The van der Waals surface area contributed by atoms with Gasteiger partial charge in [-0.2, -0.15) is 0 Å². The molecule has 1 aromatic carbocycles. The fourth-order valence-corrected chi connectivity index (χ4v) is 2.11. The number of hydrogen-bond donors (Lipinski definition) is 1. The molecule has 0 bridgehead atoms. The topological polar surface area (TPSA) is 35.2 Å². The predicted molar refractivity (Wildman–Crippen MR) is 78.4 cm³/mol. The fourth-order valence-electron chi connectivity index (χ4n) is 1.87. The van der Waals surface area contributed by atoms with Gasteiger partial charge in [0.1, 0.15) is 5.75 Å². The van der Waals surface area contributed by atoms with Crippen LogP contribution in [0.15, 0.2) is 18.2 Å². The summed E-state index contributed by atoms with van der Waals surface area (Å²) in [7, 11) is 0. The van der Waals surface area contributed by atoms with Crippen molar-refractivity contribution >= 4 is 11.6 Å². The normalized spacial score (nSPS) is 12.8. The molecular formula is C15H24ClNO. The van der Waals surface area contributed by atoms with Crippen LogP contribution >= 0.6 is 11.6 Å². The molecule has 0 aliphatic rings. The van der Waals surface area contributed by atoms with Gasteiger partial charge >= 0.3 is 0 Å². The van der Waals surface area contributed by atoms with E-state index < -0.39 is 0 Å². The lowest BCUT2D eigenvalue weighted by atomic mass is 10.1. The summed E-state index contributed by atoms with van der Waals surface area (Å²) in [5.41, 5.74) is 6.87. The van der Waals surface area contributed by atoms with Crippen molar-refractivity contribution in [3.8, 4) is 5.75 Å². The second kappa shape index (κ2) is 7.65. The predicted octanol–water partition coefficient (Wildman–Crippen LogP) is 4.04. The minimum Gasteiger partial charge on any atom is -0.493 e. The Morgan fingerprint density at radius 1 is 1.28 bits per heavy atom. The molecule has 0 aliphatic heterocycles. The largest absolute Gasteiger partial charge is 0.493 e. The van der Waals surface area contributed by atoms with E-state index >= 15 is 0 Å². The monoisotopic (exact) mass is 269 g/mol. The van der Waals surface area contributed by atoms with E-state index in [2.05, 4.69) is 13.8 Å². The molecule has 0 spiro atoms. The maximum atomic E-state index is 6.20. The van der Waals surface area contributed by atoms with Crippen LogP contribution in [0.2, 0.25) is 5.02 Å². The van der Waals surface area contributed by atoms with Gasteiger partial charge in [0.15, 0.2) is 0 Å². The van der Waals surface area contributed by atoms with Gasteiger partial charge in [0, 0.05) is 16.6 Å². The quantitative estimate of drug-likeness (QED) is 0.758. The van der Waals surface area contributed by atoms with Gasteiger partial charge in [0.05, 0.1) is 6.61 Å². The zero-order valence-corrected chi connectivity index (χ0v) is 12.3. The molecule has 0 aromatic heterocycles. The first kappa shape index (κ1) is 15.3. The molecule has 2 N–H and O–H groups in total. The number of rotatable bonds is 7. The summed E-state index contributed by atoms with van der Waals surface area (Å²) < 4.78 is 5.83. The molecule has 0 aliphatic carbocycles. The minimum atomic E-state index is 0.0860. The van der Waals surface area contributed by atoms with Crippen LogP contribution in [0.5, 0.6) is 5.75 Å². The number of halogens is 1. The van der Waals surface area contributed by atoms with Crippen molar-refractivity contribution in [2.75, 3.05) is 6.61 Å². The zero-order valence-electron chi connectivity index (χ0n) is 11.6. The molecular weight excluding hydrogens is 246 g/mol. The molecule has 0 saturated carbocycles. The highest BCUT2D eigenvalue weighted by Gasteiger charge is 2.10. The molecule has 0 amide bonds. The Morgan fingerprint density at radius 2 is 2.00 bits per heavy atom. The second-order valence-electron chi connectivity index (χ2n) is 5.28. The summed E-state index contributed by atoms with van der Waals surface area (Å²) in [4.78, 5) is 0. The van der Waals surface area contributed by atoms with E-state index in [1.54, 1.807) is 0 Å². The van der Waals surface area contributed by atoms with Crippen LogP contribution in [-0.2, 0) is 6.42 Å². The molecule has 1 rings (SSSR count). The van der Waals surface area contributed by atoms with E-state index in [0.717, 1.165) is 41.7 Å². The smallest absolute Gasteiger partial charge is 0.124 e. The molecule has 0 radical (unpaired) electrons.